The molecule has 3 aromatic rings. The summed E-state index contributed by atoms with van der Waals surface area (Å²) in [4.78, 5) is 49.0. The van der Waals surface area contributed by atoms with Crippen LogP contribution in [0, 0.1) is 6.92 Å². The van der Waals surface area contributed by atoms with E-state index in [4.69, 9.17) is 10.8 Å². The summed E-state index contributed by atoms with van der Waals surface area (Å²) in [6, 6.07) is 18.9. The van der Waals surface area contributed by atoms with E-state index in [0.717, 1.165) is 5.56 Å². The minimum Gasteiger partial charge on any atom is -0.478 e. The fraction of sp³-hybridized carbons (Fsp3) is 0.241. The number of para-hydroxylation sites is 1. The van der Waals surface area contributed by atoms with Crippen molar-refractivity contribution in [3.05, 3.63) is 89.5 Å². The van der Waals surface area contributed by atoms with Crippen molar-refractivity contribution in [3.8, 4) is 0 Å². The smallest absolute Gasteiger partial charge is 0.335 e. The molecule has 0 bridgehead atoms. The number of urea groups is 1. The molecule has 0 radical (unpaired) electrons. The van der Waals surface area contributed by atoms with Gasteiger partial charge in [-0.05, 0) is 86.3 Å². The lowest BCUT2D eigenvalue weighted by Gasteiger charge is -2.19. The molecule has 3 aromatic carbocycles. The van der Waals surface area contributed by atoms with Gasteiger partial charge >= 0.3 is 12.0 Å². The first-order valence-electron chi connectivity index (χ1n) is 12.6. The number of hydrogen-bond donors (Lipinski definition) is 6. The second kappa shape index (κ2) is 14.3. The zero-order valence-electron chi connectivity index (χ0n) is 21.7. The van der Waals surface area contributed by atoms with Gasteiger partial charge in [-0.1, -0.05) is 30.3 Å². The largest absolute Gasteiger partial charge is 0.478 e. The first-order chi connectivity index (χ1) is 18.7. The fourth-order valence-electron chi connectivity index (χ4n) is 3.82. The molecule has 0 aliphatic heterocycles. The van der Waals surface area contributed by atoms with Crippen LogP contribution in [0.25, 0.3) is 0 Å². The molecule has 7 N–H and O–H groups in total. The van der Waals surface area contributed by atoms with Gasteiger partial charge in [0.15, 0.2) is 0 Å². The number of anilines is 3. The summed E-state index contributed by atoms with van der Waals surface area (Å²) in [6.07, 6.45) is 1.81. The highest BCUT2D eigenvalue weighted by atomic mass is 16.4. The number of carboxylic acids is 1. The van der Waals surface area contributed by atoms with Crippen LogP contribution in [0.3, 0.4) is 0 Å². The molecule has 0 aromatic heterocycles. The molecule has 0 spiro atoms. The van der Waals surface area contributed by atoms with Crippen molar-refractivity contribution < 1.29 is 24.3 Å². The van der Waals surface area contributed by atoms with Gasteiger partial charge in [0, 0.05) is 17.1 Å². The Morgan fingerprint density at radius 1 is 0.821 bits per heavy atom. The second-order valence-electron chi connectivity index (χ2n) is 9.04. The Kier molecular flexibility index (Phi) is 10.6. The molecular weight excluding hydrogens is 498 g/mol. The van der Waals surface area contributed by atoms with Crippen LogP contribution in [-0.2, 0) is 16.0 Å². The average Bonchev–Trinajstić information content (AvgIpc) is 2.91. The molecule has 0 heterocycles. The Morgan fingerprint density at radius 3 is 2.10 bits per heavy atom. The molecule has 0 fully saturated rings. The van der Waals surface area contributed by atoms with E-state index in [9.17, 15) is 19.2 Å². The predicted molar refractivity (Wildman–Crippen MR) is 151 cm³/mol. The maximum atomic E-state index is 12.9. The Bertz CT molecular complexity index is 1290. The van der Waals surface area contributed by atoms with Crippen LogP contribution in [0.4, 0.5) is 21.9 Å². The summed E-state index contributed by atoms with van der Waals surface area (Å²) >= 11 is 0. The lowest BCUT2D eigenvalue weighted by molar-refractivity contribution is -0.126. The van der Waals surface area contributed by atoms with Crippen molar-refractivity contribution in [2.24, 2.45) is 5.73 Å². The molecule has 204 valence electrons. The number of amides is 4. The molecule has 0 saturated carbocycles. The van der Waals surface area contributed by atoms with Gasteiger partial charge in [-0.3, -0.25) is 9.59 Å². The van der Waals surface area contributed by atoms with Gasteiger partial charge in [0.1, 0.15) is 6.04 Å². The first-order valence-corrected chi connectivity index (χ1v) is 12.6. The SMILES string of the molecule is Cc1ccccc1NC(=O)Nc1ccc(CC(=O)N[C@@H](CCCCN)C(=O)Nc2ccc(C(=O)O)cc2)cc1. The van der Waals surface area contributed by atoms with E-state index in [0.29, 0.717) is 48.4 Å². The molecular formula is C29H33N5O5. The summed E-state index contributed by atoms with van der Waals surface area (Å²) in [6.45, 7) is 2.38. The van der Waals surface area contributed by atoms with Crippen LogP contribution in [0.15, 0.2) is 72.8 Å². The molecule has 10 heteroatoms. The standard InChI is InChI=1S/C29H33N5O5/c1-19-6-2-3-7-24(19)34-29(39)32-23-13-9-20(10-14-23)18-26(35)33-25(8-4-5-17-30)27(36)31-22-15-11-21(12-16-22)28(37)38/h2-3,6-7,9-16,25H,4-5,8,17-18,30H2,1H3,(H,31,36)(H,33,35)(H,37,38)(H2,32,34,39)/t25-/m0/s1. The highest BCUT2D eigenvalue weighted by Crippen LogP contribution is 2.16. The third kappa shape index (κ3) is 9.28. The fourth-order valence-corrected chi connectivity index (χ4v) is 3.82. The van der Waals surface area contributed by atoms with Crippen LogP contribution in [0.1, 0.15) is 40.7 Å². The zero-order chi connectivity index (χ0) is 28.2. The number of carboxylic acid groups (broad SMARTS) is 1. The van der Waals surface area contributed by atoms with E-state index in [1.54, 1.807) is 24.3 Å². The summed E-state index contributed by atoms with van der Waals surface area (Å²) in [7, 11) is 0. The van der Waals surface area contributed by atoms with Gasteiger partial charge in [-0.2, -0.15) is 0 Å². The quantitative estimate of drug-likeness (QED) is 0.193. The summed E-state index contributed by atoms with van der Waals surface area (Å²) in [5.41, 5.74) is 9.05. The van der Waals surface area contributed by atoms with Crippen molar-refractivity contribution in [1.29, 1.82) is 0 Å². The van der Waals surface area contributed by atoms with E-state index >= 15 is 0 Å². The Hall–Kier alpha value is -4.70. The molecule has 10 nitrogen and oxygen atoms in total. The highest BCUT2D eigenvalue weighted by molar-refractivity contribution is 6.00. The lowest BCUT2D eigenvalue weighted by Crippen LogP contribution is -2.44. The zero-order valence-corrected chi connectivity index (χ0v) is 21.7. The number of benzene rings is 3. The molecule has 0 saturated heterocycles. The van der Waals surface area contributed by atoms with Crippen LogP contribution >= 0.6 is 0 Å². The van der Waals surface area contributed by atoms with Gasteiger partial charge in [0.2, 0.25) is 11.8 Å². The molecule has 1 atom stereocenters. The molecule has 0 aliphatic rings. The number of carbonyl (C=O) groups excluding carboxylic acids is 3. The Balaban J connectivity index is 1.55. The van der Waals surface area contributed by atoms with Crippen molar-refractivity contribution in [3.63, 3.8) is 0 Å². The van der Waals surface area contributed by atoms with Crippen molar-refractivity contribution in [2.75, 3.05) is 22.5 Å². The van der Waals surface area contributed by atoms with Gasteiger partial charge in [-0.15, -0.1) is 0 Å². The van der Waals surface area contributed by atoms with Gasteiger partial charge in [-0.25, -0.2) is 9.59 Å². The van der Waals surface area contributed by atoms with E-state index in [1.165, 1.54) is 24.3 Å². The first kappa shape index (κ1) is 28.9. The maximum Gasteiger partial charge on any atom is 0.335 e. The van der Waals surface area contributed by atoms with E-state index in [1.807, 2.05) is 31.2 Å². The molecule has 3 rings (SSSR count). The number of nitrogens with two attached hydrogens (primary N) is 1. The summed E-state index contributed by atoms with van der Waals surface area (Å²) in [5, 5.41) is 20.1. The number of nitrogens with one attached hydrogen (secondary N) is 4. The third-order valence-electron chi connectivity index (χ3n) is 5.97. The number of aromatic carboxylic acids is 1. The Morgan fingerprint density at radius 2 is 1.46 bits per heavy atom. The molecule has 39 heavy (non-hydrogen) atoms. The lowest BCUT2D eigenvalue weighted by atomic mass is 10.1. The van der Waals surface area contributed by atoms with Crippen LogP contribution in [-0.4, -0.2) is 41.5 Å². The summed E-state index contributed by atoms with van der Waals surface area (Å²) < 4.78 is 0. The number of rotatable bonds is 12. The number of hydrogen-bond acceptors (Lipinski definition) is 5. The Labute approximate surface area is 227 Å². The van der Waals surface area contributed by atoms with Gasteiger partial charge < -0.3 is 32.1 Å². The minimum atomic E-state index is -1.06. The number of aryl methyl sites for hydroxylation is 1. The van der Waals surface area contributed by atoms with Crippen molar-refractivity contribution >= 4 is 40.9 Å². The van der Waals surface area contributed by atoms with E-state index in [2.05, 4.69) is 21.3 Å². The van der Waals surface area contributed by atoms with Gasteiger partial charge in [0.25, 0.3) is 0 Å². The summed E-state index contributed by atoms with van der Waals surface area (Å²) in [5.74, 6) is -1.79. The van der Waals surface area contributed by atoms with Crippen LogP contribution < -0.4 is 27.0 Å². The van der Waals surface area contributed by atoms with E-state index in [-0.39, 0.29) is 23.9 Å². The van der Waals surface area contributed by atoms with Gasteiger partial charge in [0.05, 0.1) is 12.0 Å². The van der Waals surface area contributed by atoms with Crippen LogP contribution in [0.5, 0.6) is 0 Å². The second-order valence-corrected chi connectivity index (χ2v) is 9.04. The third-order valence-corrected chi connectivity index (χ3v) is 5.97. The number of unbranched alkanes of at least 4 members (excludes halogenated alkanes) is 1. The minimum absolute atomic E-state index is 0.0453. The van der Waals surface area contributed by atoms with Crippen LogP contribution in [0.2, 0.25) is 0 Å². The predicted octanol–water partition coefficient (Wildman–Crippen LogP) is 4.13. The highest BCUT2D eigenvalue weighted by Gasteiger charge is 2.21. The molecule has 0 unspecified atom stereocenters. The monoisotopic (exact) mass is 531 g/mol. The molecule has 4 amide bonds. The normalized spacial score (nSPS) is 11.2. The van der Waals surface area contributed by atoms with Crippen molar-refractivity contribution in [2.45, 2.75) is 38.6 Å². The average molecular weight is 532 g/mol. The number of carbonyl (C=O) groups is 4. The topological polar surface area (TPSA) is 163 Å². The maximum absolute atomic E-state index is 12.9. The molecule has 0 aliphatic carbocycles. The van der Waals surface area contributed by atoms with E-state index < -0.39 is 17.9 Å². The van der Waals surface area contributed by atoms with Crippen molar-refractivity contribution in [1.82, 2.24) is 5.32 Å².